The predicted octanol–water partition coefficient (Wildman–Crippen LogP) is -0.856. The van der Waals surface area contributed by atoms with E-state index in [1.807, 2.05) is 13.8 Å². The molecule has 6 amide bonds. The van der Waals surface area contributed by atoms with Crippen LogP contribution in [0, 0.1) is 0 Å². The van der Waals surface area contributed by atoms with Crippen LogP contribution in [0.15, 0.2) is 0 Å². The van der Waals surface area contributed by atoms with E-state index < -0.39 is 24.5 Å². The zero-order chi connectivity index (χ0) is 38.0. The van der Waals surface area contributed by atoms with Crippen molar-refractivity contribution < 1.29 is 57.6 Å². The summed E-state index contributed by atoms with van der Waals surface area (Å²) in [6.45, 7) is 6.49. The van der Waals surface area contributed by atoms with Crippen LogP contribution in [0.25, 0.3) is 0 Å². The normalized spacial score (nSPS) is 11.3. The van der Waals surface area contributed by atoms with Crippen molar-refractivity contribution in [2.75, 3.05) is 85.6 Å². The molecule has 0 saturated heterocycles. The quantitative estimate of drug-likeness (QED) is 0.0400. The molecule has 18 heteroatoms. The first-order valence-electron chi connectivity index (χ1n) is 17.8. The molecule has 0 rings (SSSR count). The van der Waals surface area contributed by atoms with Gasteiger partial charge in [-0.15, -0.1) is 0 Å². The molecule has 0 bridgehead atoms. The second kappa shape index (κ2) is 33.3. The monoisotopic (exact) mass is 732 g/mol. The molecular weight excluding hydrogens is 672 g/mol. The zero-order valence-electron chi connectivity index (χ0n) is 30.3. The lowest BCUT2D eigenvalue weighted by atomic mass is 10.1. The number of rotatable bonds is 34. The number of unbranched alkanes of at least 4 members (excludes halogenated alkanes) is 1. The third kappa shape index (κ3) is 31.8. The first-order valence-corrected chi connectivity index (χ1v) is 17.8. The van der Waals surface area contributed by atoms with Gasteiger partial charge >= 0.3 is 5.97 Å². The Balaban J connectivity index is 3.71. The molecule has 0 aromatic rings. The highest BCUT2D eigenvalue weighted by atomic mass is 16.5. The Morgan fingerprint density at radius 3 is 1.41 bits per heavy atom. The van der Waals surface area contributed by atoms with E-state index >= 15 is 0 Å². The number of carboxylic acid groups (broad SMARTS) is 1. The second-order valence-electron chi connectivity index (χ2n) is 11.4. The summed E-state index contributed by atoms with van der Waals surface area (Å²) in [5, 5.41) is 25.2. The number of hydrogen-bond donors (Lipinski definition) is 7. The largest absolute Gasteiger partial charge is 0.480 e. The number of hydrogen-bond acceptors (Lipinski definition) is 11. The van der Waals surface area contributed by atoms with Gasteiger partial charge in [0.05, 0.1) is 39.6 Å². The van der Waals surface area contributed by atoms with Crippen LogP contribution >= 0.6 is 0 Å². The molecule has 1 atom stereocenters. The van der Waals surface area contributed by atoms with E-state index in [4.69, 9.17) is 18.9 Å². The fourth-order valence-corrected chi connectivity index (χ4v) is 4.05. The summed E-state index contributed by atoms with van der Waals surface area (Å²) in [4.78, 5) is 82.2. The third-order valence-electron chi connectivity index (χ3n) is 6.78. The van der Waals surface area contributed by atoms with Crippen molar-refractivity contribution in [3.05, 3.63) is 0 Å². The third-order valence-corrected chi connectivity index (χ3v) is 6.78. The molecule has 0 aliphatic heterocycles. The van der Waals surface area contributed by atoms with Crippen molar-refractivity contribution in [1.29, 1.82) is 0 Å². The highest BCUT2D eigenvalue weighted by molar-refractivity contribution is 5.85. The smallest absolute Gasteiger partial charge is 0.326 e. The topological polar surface area (TPSA) is 249 Å². The molecular formula is C33H60N6O12. The van der Waals surface area contributed by atoms with E-state index in [1.165, 1.54) is 0 Å². The molecule has 0 spiro atoms. The molecule has 1 unspecified atom stereocenters. The highest BCUT2D eigenvalue weighted by Gasteiger charge is 2.21. The van der Waals surface area contributed by atoms with E-state index in [0.29, 0.717) is 51.9 Å². The van der Waals surface area contributed by atoms with E-state index in [1.54, 1.807) is 0 Å². The van der Waals surface area contributed by atoms with Gasteiger partial charge in [0.1, 0.15) is 19.3 Å². The van der Waals surface area contributed by atoms with Crippen LogP contribution in [0.1, 0.15) is 78.1 Å². The Morgan fingerprint density at radius 1 is 0.471 bits per heavy atom. The number of ether oxygens (including phenoxy) is 4. The van der Waals surface area contributed by atoms with Crippen molar-refractivity contribution in [3.8, 4) is 0 Å². The van der Waals surface area contributed by atoms with Gasteiger partial charge in [-0.25, -0.2) is 4.79 Å². The van der Waals surface area contributed by atoms with Gasteiger partial charge in [0, 0.05) is 58.4 Å². The van der Waals surface area contributed by atoms with Crippen LogP contribution in [0.5, 0.6) is 0 Å². The molecule has 51 heavy (non-hydrogen) atoms. The first kappa shape index (κ1) is 47.1. The summed E-state index contributed by atoms with van der Waals surface area (Å²) in [5.41, 5.74) is 0. The Labute approximate surface area is 300 Å². The molecule has 0 aromatic carbocycles. The number of carbonyl (C=O) groups excluding carboxylic acids is 6. The maximum atomic E-state index is 12.1. The van der Waals surface area contributed by atoms with Gasteiger partial charge in [-0.05, 0) is 32.1 Å². The average Bonchev–Trinajstić information content (AvgIpc) is 3.09. The minimum Gasteiger partial charge on any atom is -0.480 e. The molecule has 18 nitrogen and oxygen atoms in total. The van der Waals surface area contributed by atoms with Gasteiger partial charge in [0.25, 0.3) is 0 Å². The Morgan fingerprint density at radius 2 is 0.902 bits per heavy atom. The van der Waals surface area contributed by atoms with Gasteiger partial charge in [-0.3, -0.25) is 28.8 Å². The summed E-state index contributed by atoms with van der Waals surface area (Å²) in [6, 6.07) is -1.26. The molecule has 0 radical (unpaired) electrons. The Kier molecular flexibility index (Phi) is 30.8. The van der Waals surface area contributed by atoms with Crippen LogP contribution in [0.4, 0.5) is 0 Å². The van der Waals surface area contributed by atoms with Crippen molar-refractivity contribution in [3.63, 3.8) is 0 Å². The van der Waals surface area contributed by atoms with Crippen LogP contribution < -0.4 is 31.9 Å². The van der Waals surface area contributed by atoms with Gasteiger partial charge in [0.15, 0.2) is 0 Å². The number of carboxylic acids is 1. The van der Waals surface area contributed by atoms with Gasteiger partial charge < -0.3 is 56.0 Å². The lowest BCUT2D eigenvalue weighted by Crippen LogP contribution is -2.43. The minimum absolute atomic E-state index is 0.0103. The maximum absolute atomic E-state index is 12.1. The average molecular weight is 733 g/mol. The molecule has 7 N–H and O–H groups in total. The Bertz CT molecular complexity index is 1020. The van der Waals surface area contributed by atoms with Gasteiger partial charge in [0.2, 0.25) is 35.4 Å². The van der Waals surface area contributed by atoms with Crippen molar-refractivity contribution >= 4 is 41.4 Å². The molecule has 0 aromatic heterocycles. The van der Waals surface area contributed by atoms with E-state index in [0.717, 1.165) is 19.3 Å². The lowest BCUT2D eigenvalue weighted by Gasteiger charge is -2.14. The molecule has 294 valence electrons. The SMILES string of the molecule is CCCCNC(=O)CCCNC(=O)CCC(NC(=O)COCCOCCNC(=O)COCCOCCNC(=O)CCCNC(=O)CCC)C(=O)O. The van der Waals surface area contributed by atoms with Crippen molar-refractivity contribution in [2.24, 2.45) is 0 Å². The molecule has 0 aliphatic rings. The summed E-state index contributed by atoms with van der Waals surface area (Å²) in [7, 11) is 0. The minimum atomic E-state index is -1.28. The Hall–Kier alpha value is -3.87. The van der Waals surface area contributed by atoms with Crippen molar-refractivity contribution in [1.82, 2.24) is 31.9 Å². The molecule has 0 saturated carbocycles. The van der Waals surface area contributed by atoms with Crippen LogP contribution in [-0.4, -0.2) is 138 Å². The standard InChI is InChI=1S/C33H60N6O12/c1-3-5-13-34-28(41)9-6-15-36-30(43)12-11-26(33(46)47)39-32(45)25-51-23-21-49-19-17-38-31(44)24-50-22-20-48-18-16-37-29(42)10-7-14-35-27(40)8-4-2/h26H,3-25H2,1-2H3,(H,34,41)(H,35,40)(H,36,43)(H,37,42)(H,38,44)(H,39,45)(H,46,47). The van der Waals surface area contributed by atoms with Crippen LogP contribution in [0.2, 0.25) is 0 Å². The van der Waals surface area contributed by atoms with E-state index in [2.05, 4.69) is 31.9 Å². The number of amides is 6. The zero-order valence-corrected chi connectivity index (χ0v) is 30.3. The fourth-order valence-electron chi connectivity index (χ4n) is 4.05. The van der Waals surface area contributed by atoms with Crippen molar-refractivity contribution in [2.45, 2.75) is 84.1 Å². The number of aliphatic carboxylic acids is 1. The van der Waals surface area contributed by atoms with Gasteiger partial charge in [-0.2, -0.15) is 0 Å². The molecule has 0 aliphatic carbocycles. The summed E-state index contributed by atoms with van der Waals surface area (Å²) >= 11 is 0. The van der Waals surface area contributed by atoms with Crippen LogP contribution in [-0.2, 0) is 52.5 Å². The van der Waals surface area contributed by atoms with Gasteiger partial charge in [-0.1, -0.05) is 20.3 Å². The molecule has 0 fully saturated rings. The lowest BCUT2D eigenvalue weighted by molar-refractivity contribution is -0.143. The molecule has 0 heterocycles. The number of nitrogens with one attached hydrogen (secondary N) is 6. The highest BCUT2D eigenvalue weighted by Crippen LogP contribution is 1.99. The summed E-state index contributed by atoms with van der Waals surface area (Å²) in [6.07, 6.45) is 4.56. The van der Waals surface area contributed by atoms with E-state index in [9.17, 15) is 38.7 Å². The number of carbonyl (C=O) groups is 7. The summed E-state index contributed by atoms with van der Waals surface area (Å²) in [5.74, 6) is -2.85. The van der Waals surface area contributed by atoms with Crippen LogP contribution in [0.3, 0.4) is 0 Å². The maximum Gasteiger partial charge on any atom is 0.326 e. The van der Waals surface area contributed by atoms with E-state index in [-0.39, 0.29) is 102 Å². The second-order valence-corrected chi connectivity index (χ2v) is 11.4. The fraction of sp³-hybridized carbons (Fsp3) is 0.788. The summed E-state index contributed by atoms with van der Waals surface area (Å²) < 4.78 is 21.1. The first-order chi connectivity index (χ1) is 24.6. The predicted molar refractivity (Wildman–Crippen MR) is 185 cm³/mol.